The molecule has 1 aromatic carbocycles. The monoisotopic (exact) mass is 555 g/mol. The van der Waals surface area contributed by atoms with Gasteiger partial charge in [-0.2, -0.15) is 13.2 Å². The van der Waals surface area contributed by atoms with Gasteiger partial charge in [0.1, 0.15) is 0 Å². The molecule has 3 N–H and O–H groups in total. The summed E-state index contributed by atoms with van der Waals surface area (Å²) in [5, 5.41) is 10.4. The van der Waals surface area contributed by atoms with Gasteiger partial charge in [0.2, 0.25) is 0 Å². The van der Waals surface area contributed by atoms with Crippen molar-refractivity contribution >= 4 is 47.2 Å². The standard InChI is InChI=1S/C19H24F3N5OS.HI/c1-3-8-24-17(28)14-6-4-5-13(10-14)11-26-18(23-2)25-9-7-16-27-15(12-29-16)19(20,21)22;/h4-6,10,12H,3,7-9,11H2,1-2H3,(H,24,28)(H2,23,25,26);1H. The maximum absolute atomic E-state index is 12.6. The second-order valence-electron chi connectivity index (χ2n) is 6.18. The molecule has 0 radical (unpaired) electrons. The number of carbonyl (C=O) groups is 1. The third kappa shape index (κ3) is 8.46. The molecule has 1 heterocycles. The summed E-state index contributed by atoms with van der Waals surface area (Å²) in [5.74, 6) is 0.399. The Kier molecular flexibility index (Phi) is 11.1. The van der Waals surface area contributed by atoms with Gasteiger partial charge in [-0.25, -0.2) is 4.98 Å². The number of hydrogen-bond donors (Lipinski definition) is 3. The van der Waals surface area contributed by atoms with E-state index in [0.29, 0.717) is 42.6 Å². The summed E-state index contributed by atoms with van der Waals surface area (Å²) in [6.07, 6.45) is -3.19. The van der Waals surface area contributed by atoms with Gasteiger partial charge in [-0.1, -0.05) is 19.1 Å². The van der Waals surface area contributed by atoms with Crippen molar-refractivity contribution in [2.24, 2.45) is 4.99 Å². The highest BCUT2D eigenvalue weighted by Crippen LogP contribution is 2.29. The van der Waals surface area contributed by atoms with E-state index in [1.54, 1.807) is 19.2 Å². The Labute approximate surface area is 194 Å². The van der Waals surface area contributed by atoms with Crippen molar-refractivity contribution in [2.45, 2.75) is 32.5 Å². The number of halogens is 4. The second kappa shape index (κ2) is 12.7. The molecule has 0 aliphatic carbocycles. The molecule has 0 fully saturated rings. The van der Waals surface area contributed by atoms with Gasteiger partial charge in [-0.05, 0) is 24.1 Å². The highest BCUT2D eigenvalue weighted by Gasteiger charge is 2.33. The molecule has 0 aliphatic heterocycles. The lowest BCUT2D eigenvalue weighted by Gasteiger charge is -2.12. The number of thiazole rings is 1. The highest BCUT2D eigenvalue weighted by atomic mass is 127. The molecule has 0 saturated heterocycles. The van der Waals surface area contributed by atoms with E-state index in [1.807, 2.05) is 19.1 Å². The molecule has 0 atom stereocenters. The Hall–Kier alpha value is -1.89. The number of aliphatic imine (C=N–C) groups is 1. The SMILES string of the molecule is CCCNC(=O)c1cccc(CNC(=NC)NCCc2nc(C(F)(F)F)cs2)c1.I. The van der Waals surface area contributed by atoms with Crippen LogP contribution in [0.2, 0.25) is 0 Å². The van der Waals surface area contributed by atoms with E-state index in [-0.39, 0.29) is 29.9 Å². The Balaban J connectivity index is 0.00000450. The molecule has 1 amide bonds. The summed E-state index contributed by atoms with van der Waals surface area (Å²) in [6, 6.07) is 7.27. The fourth-order valence-corrected chi connectivity index (χ4v) is 3.22. The number of hydrogen-bond acceptors (Lipinski definition) is 4. The van der Waals surface area contributed by atoms with Crippen molar-refractivity contribution < 1.29 is 18.0 Å². The maximum Gasteiger partial charge on any atom is 0.434 e. The molecule has 11 heteroatoms. The summed E-state index contributed by atoms with van der Waals surface area (Å²) < 4.78 is 37.7. The van der Waals surface area contributed by atoms with Crippen molar-refractivity contribution in [2.75, 3.05) is 20.1 Å². The number of rotatable bonds is 8. The third-order valence-electron chi connectivity index (χ3n) is 3.88. The maximum atomic E-state index is 12.6. The van der Waals surface area contributed by atoms with Crippen LogP contribution in [-0.4, -0.2) is 37.0 Å². The smallest absolute Gasteiger partial charge is 0.356 e. The van der Waals surface area contributed by atoms with Crippen LogP contribution < -0.4 is 16.0 Å². The van der Waals surface area contributed by atoms with Gasteiger partial charge in [-0.15, -0.1) is 35.3 Å². The predicted octanol–water partition coefficient (Wildman–Crippen LogP) is 3.83. The normalized spacial score (nSPS) is 11.6. The minimum atomic E-state index is -4.41. The Morgan fingerprint density at radius 1 is 1.20 bits per heavy atom. The summed E-state index contributed by atoms with van der Waals surface area (Å²) in [5.41, 5.74) is 0.639. The Bertz CT molecular complexity index is 842. The first kappa shape index (κ1) is 26.1. The van der Waals surface area contributed by atoms with Crippen LogP contribution in [0.5, 0.6) is 0 Å². The zero-order valence-electron chi connectivity index (χ0n) is 16.7. The van der Waals surface area contributed by atoms with Crippen LogP contribution in [0.4, 0.5) is 13.2 Å². The fraction of sp³-hybridized carbons (Fsp3) is 0.421. The molecule has 6 nitrogen and oxygen atoms in total. The van der Waals surface area contributed by atoms with Crippen LogP contribution in [0.3, 0.4) is 0 Å². The minimum Gasteiger partial charge on any atom is -0.356 e. The van der Waals surface area contributed by atoms with E-state index in [9.17, 15) is 18.0 Å². The van der Waals surface area contributed by atoms with Crippen molar-refractivity contribution in [1.29, 1.82) is 0 Å². The lowest BCUT2D eigenvalue weighted by atomic mass is 10.1. The lowest BCUT2D eigenvalue weighted by molar-refractivity contribution is -0.140. The first-order valence-corrected chi connectivity index (χ1v) is 10.0. The molecule has 2 aromatic rings. The number of amides is 1. The van der Waals surface area contributed by atoms with E-state index in [2.05, 4.69) is 25.9 Å². The van der Waals surface area contributed by atoms with Crippen molar-refractivity contribution in [3.8, 4) is 0 Å². The van der Waals surface area contributed by atoms with E-state index >= 15 is 0 Å². The summed E-state index contributed by atoms with van der Waals surface area (Å²) in [6.45, 7) is 3.46. The van der Waals surface area contributed by atoms with E-state index in [1.165, 1.54) is 0 Å². The average Bonchev–Trinajstić information content (AvgIpc) is 3.18. The van der Waals surface area contributed by atoms with Crippen LogP contribution in [0.25, 0.3) is 0 Å². The second-order valence-corrected chi connectivity index (χ2v) is 7.13. The number of aromatic nitrogens is 1. The minimum absolute atomic E-state index is 0. The number of nitrogens with zero attached hydrogens (tertiary/aromatic N) is 2. The van der Waals surface area contributed by atoms with Crippen LogP contribution in [0.1, 0.15) is 40.0 Å². The summed E-state index contributed by atoms with van der Waals surface area (Å²) in [4.78, 5) is 19.7. The molecular weight excluding hydrogens is 530 g/mol. The Morgan fingerprint density at radius 2 is 1.97 bits per heavy atom. The molecule has 0 aliphatic rings. The Morgan fingerprint density at radius 3 is 2.60 bits per heavy atom. The van der Waals surface area contributed by atoms with E-state index in [0.717, 1.165) is 28.7 Å². The van der Waals surface area contributed by atoms with Gasteiger partial charge in [0.25, 0.3) is 5.91 Å². The van der Waals surface area contributed by atoms with Gasteiger partial charge in [0.15, 0.2) is 11.7 Å². The average molecular weight is 555 g/mol. The number of carbonyl (C=O) groups excluding carboxylic acids is 1. The van der Waals surface area contributed by atoms with Crippen LogP contribution in [0, 0.1) is 0 Å². The summed E-state index contributed by atoms with van der Waals surface area (Å²) in [7, 11) is 1.61. The summed E-state index contributed by atoms with van der Waals surface area (Å²) >= 11 is 0.986. The van der Waals surface area contributed by atoms with Crippen LogP contribution in [0.15, 0.2) is 34.6 Å². The van der Waals surface area contributed by atoms with E-state index in [4.69, 9.17) is 0 Å². The molecule has 166 valence electrons. The van der Waals surface area contributed by atoms with Gasteiger partial charge in [0, 0.05) is 44.0 Å². The largest absolute Gasteiger partial charge is 0.434 e. The number of benzene rings is 1. The zero-order valence-corrected chi connectivity index (χ0v) is 19.8. The molecule has 1 aromatic heterocycles. The molecular formula is C19H25F3IN5OS. The lowest BCUT2D eigenvalue weighted by Crippen LogP contribution is -2.37. The molecule has 0 saturated carbocycles. The number of alkyl halides is 3. The first-order valence-electron chi connectivity index (χ1n) is 9.16. The van der Waals surface area contributed by atoms with Gasteiger partial charge in [0.05, 0.1) is 5.01 Å². The highest BCUT2D eigenvalue weighted by molar-refractivity contribution is 14.0. The van der Waals surface area contributed by atoms with Crippen molar-refractivity contribution in [3.63, 3.8) is 0 Å². The first-order chi connectivity index (χ1) is 13.8. The molecule has 0 bridgehead atoms. The molecule has 0 spiro atoms. The van der Waals surface area contributed by atoms with Crippen LogP contribution >= 0.6 is 35.3 Å². The number of guanidine groups is 1. The predicted molar refractivity (Wildman–Crippen MR) is 124 cm³/mol. The van der Waals surface area contributed by atoms with Crippen LogP contribution in [-0.2, 0) is 19.1 Å². The molecule has 30 heavy (non-hydrogen) atoms. The molecule has 0 unspecified atom stereocenters. The quantitative estimate of drug-likeness (QED) is 0.263. The van der Waals surface area contributed by atoms with Gasteiger partial charge in [-0.3, -0.25) is 9.79 Å². The zero-order chi connectivity index (χ0) is 21.3. The topological polar surface area (TPSA) is 78.4 Å². The van der Waals surface area contributed by atoms with E-state index < -0.39 is 11.9 Å². The third-order valence-corrected chi connectivity index (χ3v) is 4.79. The fourth-order valence-electron chi connectivity index (χ4n) is 2.41. The number of nitrogens with one attached hydrogen (secondary N) is 3. The molecule has 2 rings (SSSR count). The van der Waals surface area contributed by atoms with Gasteiger partial charge < -0.3 is 16.0 Å². The van der Waals surface area contributed by atoms with Crippen molar-refractivity contribution in [1.82, 2.24) is 20.9 Å². The van der Waals surface area contributed by atoms with Crippen molar-refractivity contribution in [3.05, 3.63) is 51.5 Å². The van der Waals surface area contributed by atoms with Gasteiger partial charge >= 0.3 is 6.18 Å².